The van der Waals surface area contributed by atoms with Crippen molar-refractivity contribution in [2.24, 2.45) is 5.92 Å². The van der Waals surface area contributed by atoms with Crippen molar-refractivity contribution in [2.45, 2.75) is 39.5 Å². The topological polar surface area (TPSA) is 20.3 Å². The van der Waals surface area contributed by atoms with Crippen molar-refractivity contribution in [3.63, 3.8) is 0 Å². The zero-order valence-corrected chi connectivity index (χ0v) is 12.5. The van der Waals surface area contributed by atoms with Crippen LogP contribution in [0, 0.1) is 5.92 Å². The predicted octanol–water partition coefficient (Wildman–Crippen LogP) is 4.56. The predicted molar refractivity (Wildman–Crippen MR) is 81.3 cm³/mol. The molecule has 0 radical (unpaired) electrons. The molecule has 104 valence electrons. The zero-order valence-electron chi connectivity index (χ0n) is 11.8. The molecule has 1 unspecified atom stereocenters. The van der Waals surface area contributed by atoms with Gasteiger partial charge >= 0.3 is 0 Å². The fourth-order valence-electron chi connectivity index (χ4n) is 2.82. The van der Waals surface area contributed by atoms with Crippen LogP contribution in [-0.4, -0.2) is 18.9 Å². The average Bonchev–Trinajstić information content (AvgIpc) is 2.63. The zero-order chi connectivity index (χ0) is 13.8. The highest BCUT2D eigenvalue weighted by atomic mass is 35.5. The minimum atomic E-state index is 0.0264. The van der Waals surface area contributed by atoms with Crippen LogP contribution >= 0.6 is 11.6 Å². The molecule has 0 amide bonds. The SMILES string of the molecule is CCC1CCCN(c2ccc(C(C)=O)c(Cl)c2)CC1. The third-order valence-corrected chi connectivity index (χ3v) is 4.43. The molecule has 0 spiro atoms. The van der Waals surface area contributed by atoms with Gasteiger partial charge in [0.25, 0.3) is 0 Å². The summed E-state index contributed by atoms with van der Waals surface area (Å²) in [5.74, 6) is 0.885. The quantitative estimate of drug-likeness (QED) is 0.756. The van der Waals surface area contributed by atoms with Gasteiger partial charge in [-0.2, -0.15) is 0 Å². The molecule has 1 saturated heterocycles. The number of ketones is 1. The molecule has 3 heteroatoms. The summed E-state index contributed by atoms with van der Waals surface area (Å²) in [6.45, 7) is 6.01. The molecular weight excluding hydrogens is 258 g/mol. The Balaban J connectivity index is 2.13. The van der Waals surface area contributed by atoms with Gasteiger partial charge in [0.15, 0.2) is 5.78 Å². The highest BCUT2D eigenvalue weighted by Crippen LogP contribution is 2.28. The van der Waals surface area contributed by atoms with Gasteiger partial charge < -0.3 is 4.90 Å². The molecule has 2 rings (SSSR count). The van der Waals surface area contributed by atoms with E-state index < -0.39 is 0 Å². The first-order chi connectivity index (χ1) is 9.11. The fraction of sp³-hybridized carbons (Fsp3) is 0.562. The maximum absolute atomic E-state index is 11.4. The Morgan fingerprint density at radius 1 is 1.37 bits per heavy atom. The molecule has 2 nitrogen and oxygen atoms in total. The average molecular weight is 280 g/mol. The monoisotopic (exact) mass is 279 g/mol. The van der Waals surface area contributed by atoms with Gasteiger partial charge in [-0.15, -0.1) is 0 Å². The first-order valence-electron chi connectivity index (χ1n) is 7.17. The summed E-state index contributed by atoms with van der Waals surface area (Å²) in [5, 5.41) is 0.571. The number of nitrogens with zero attached hydrogens (tertiary/aromatic N) is 1. The maximum atomic E-state index is 11.4. The summed E-state index contributed by atoms with van der Waals surface area (Å²) in [6, 6.07) is 5.81. The van der Waals surface area contributed by atoms with Crippen LogP contribution in [0.5, 0.6) is 0 Å². The molecule has 0 aliphatic carbocycles. The molecular formula is C16H22ClNO. The van der Waals surface area contributed by atoms with Gasteiger partial charge in [0.05, 0.1) is 5.02 Å². The Morgan fingerprint density at radius 3 is 2.79 bits per heavy atom. The van der Waals surface area contributed by atoms with Gasteiger partial charge in [0.1, 0.15) is 0 Å². The Labute approximate surface area is 120 Å². The van der Waals surface area contributed by atoms with Crippen molar-refractivity contribution in [1.29, 1.82) is 0 Å². The second kappa shape index (κ2) is 6.42. The van der Waals surface area contributed by atoms with Crippen LogP contribution < -0.4 is 4.90 Å². The summed E-state index contributed by atoms with van der Waals surface area (Å²) >= 11 is 6.19. The standard InChI is InChI=1S/C16H22ClNO/c1-3-13-5-4-9-18(10-8-13)14-6-7-15(12(2)19)16(17)11-14/h6-7,11,13H,3-5,8-10H2,1-2H3. The second-order valence-electron chi connectivity index (χ2n) is 5.41. The number of benzene rings is 1. The van der Waals surface area contributed by atoms with Gasteiger partial charge in [-0.1, -0.05) is 24.9 Å². The van der Waals surface area contributed by atoms with E-state index in [1.54, 1.807) is 6.92 Å². The Morgan fingerprint density at radius 2 is 2.16 bits per heavy atom. The van der Waals surface area contributed by atoms with Crippen molar-refractivity contribution in [3.8, 4) is 0 Å². The lowest BCUT2D eigenvalue weighted by molar-refractivity contribution is 0.101. The molecule has 1 heterocycles. The lowest BCUT2D eigenvalue weighted by Crippen LogP contribution is -2.24. The van der Waals surface area contributed by atoms with E-state index in [4.69, 9.17) is 11.6 Å². The minimum absolute atomic E-state index is 0.0264. The second-order valence-corrected chi connectivity index (χ2v) is 5.82. The number of Topliss-reactive ketones (excluding diaryl/α,β-unsaturated/α-hetero) is 1. The van der Waals surface area contributed by atoms with Crippen molar-refractivity contribution in [3.05, 3.63) is 28.8 Å². The summed E-state index contributed by atoms with van der Waals surface area (Å²) < 4.78 is 0. The van der Waals surface area contributed by atoms with E-state index in [1.165, 1.54) is 25.7 Å². The molecule has 1 atom stereocenters. The summed E-state index contributed by atoms with van der Waals surface area (Å²) in [6.07, 6.45) is 5.09. The first kappa shape index (κ1) is 14.4. The van der Waals surface area contributed by atoms with Crippen molar-refractivity contribution in [2.75, 3.05) is 18.0 Å². The Hall–Kier alpha value is -1.02. The van der Waals surface area contributed by atoms with Crippen molar-refractivity contribution < 1.29 is 4.79 Å². The number of rotatable bonds is 3. The minimum Gasteiger partial charge on any atom is -0.371 e. The van der Waals surface area contributed by atoms with Gasteiger partial charge in [-0.3, -0.25) is 4.79 Å². The van der Waals surface area contributed by atoms with E-state index in [9.17, 15) is 4.79 Å². The fourth-order valence-corrected chi connectivity index (χ4v) is 3.13. The third kappa shape index (κ3) is 3.50. The molecule has 1 fully saturated rings. The van der Waals surface area contributed by atoms with Crippen LogP contribution in [0.3, 0.4) is 0 Å². The van der Waals surface area contributed by atoms with E-state index in [0.717, 1.165) is 24.7 Å². The summed E-state index contributed by atoms with van der Waals surface area (Å²) in [5.41, 5.74) is 1.76. The van der Waals surface area contributed by atoms with E-state index in [-0.39, 0.29) is 5.78 Å². The van der Waals surface area contributed by atoms with E-state index in [2.05, 4.69) is 11.8 Å². The van der Waals surface area contributed by atoms with Crippen LogP contribution in [0.2, 0.25) is 5.02 Å². The van der Waals surface area contributed by atoms with Crippen molar-refractivity contribution >= 4 is 23.1 Å². The third-order valence-electron chi connectivity index (χ3n) is 4.12. The molecule has 1 aliphatic rings. The van der Waals surface area contributed by atoms with E-state index in [0.29, 0.717) is 10.6 Å². The van der Waals surface area contributed by atoms with Crippen LogP contribution in [0.15, 0.2) is 18.2 Å². The number of carbonyl (C=O) groups excluding carboxylic acids is 1. The van der Waals surface area contributed by atoms with Gasteiger partial charge in [-0.05, 0) is 50.3 Å². The van der Waals surface area contributed by atoms with E-state index >= 15 is 0 Å². The number of halogens is 1. The Kier molecular flexibility index (Phi) is 4.87. The lowest BCUT2D eigenvalue weighted by Gasteiger charge is -2.23. The molecule has 0 N–H and O–H groups in total. The van der Waals surface area contributed by atoms with Gasteiger partial charge in [-0.25, -0.2) is 0 Å². The number of carbonyl (C=O) groups is 1. The number of anilines is 1. The van der Waals surface area contributed by atoms with Gasteiger partial charge in [0, 0.05) is 24.3 Å². The normalized spacial score (nSPS) is 20.2. The molecule has 19 heavy (non-hydrogen) atoms. The summed E-state index contributed by atoms with van der Waals surface area (Å²) in [7, 11) is 0. The first-order valence-corrected chi connectivity index (χ1v) is 7.55. The summed E-state index contributed by atoms with van der Waals surface area (Å²) in [4.78, 5) is 13.8. The van der Waals surface area contributed by atoms with E-state index in [1.807, 2.05) is 18.2 Å². The largest absolute Gasteiger partial charge is 0.371 e. The number of hydrogen-bond acceptors (Lipinski definition) is 2. The molecule has 0 bridgehead atoms. The van der Waals surface area contributed by atoms with Crippen molar-refractivity contribution in [1.82, 2.24) is 0 Å². The molecule has 1 aromatic carbocycles. The highest BCUT2D eigenvalue weighted by Gasteiger charge is 2.17. The molecule has 0 aromatic heterocycles. The molecule has 1 aliphatic heterocycles. The van der Waals surface area contributed by atoms with Crippen LogP contribution in [0.4, 0.5) is 5.69 Å². The van der Waals surface area contributed by atoms with Crippen LogP contribution in [0.25, 0.3) is 0 Å². The van der Waals surface area contributed by atoms with Crippen LogP contribution in [0.1, 0.15) is 49.9 Å². The highest BCUT2D eigenvalue weighted by molar-refractivity contribution is 6.34. The smallest absolute Gasteiger partial charge is 0.161 e. The Bertz CT molecular complexity index is 458. The lowest BCUT2D eigenvalue weighted by atomic mass is 9.98. The van der Waals surface area contributed by atoms with Gasteiger partial charge in [0.2, 0.25) is 0 Å². The van der Waals surface area contributed by atoms with Crippen LogP contribution in [-0.2, 0) is 0 Å². The number of hydrogen-bond donors (Lipinski definition) is 0. The maximum Gasteiger partial charge on any atom is 0.161 e. The molecule has 0 saturated carbocycles. The molecule has 1 aromatic rings.